The summed E-state index contributed by atoms with van der Waals surface area (Å²) in [6, 6.07) is 9.10. The van der Waals surface area contributed by atoms with E-state index in [1.165, 1.54) is 19.3 Å². The van der Waals surface area contributed by atoms with Gasteiger partial charge in [-0.2, -0.15) is 0 Å². The lowest BCUT2D eigenvalue weighted by Gasteiger charge is -2.26. The second-order valence-corrected chi connectivity index (χ2v) is 6.83. The van der Waals surface area contributed by atoms with Gasteiger partial charge in [-0.3, -0.25) is 10.3 Å². The van der Waals surface area contributed by atoms with Gasteiger partial charge in [-0.1, -0.05) is 37.5 Å². The standard InChI is InChI=1S/C18H26N2O2/c1-18(2,3)20-16(14-10-6-4-7-11-14)19-17(21)22-15-12-8-5-9-13-15/h5,8-9,12-14H,4,6-7,10-11H2,1-3H3,(H,19,20,21). The molecule has 0 bridgehead atoms. The molecule has 1 aromatic carbocycles. The van der Waals surface area contributed by atoms with E-state index in [0.717, 1.165) is 18.7 Å². The molecule has 0 atom stereocenters. The van der Waals surface area contributed by atoms with Crippen molar-refractivity contribution in [2.45, 2.75) is 58.4 Å². The SMILES string of the molecule is CC(C)(C)N=C(NC(=O)Oc1ccccc1)C1CCCCC1. The van der Waals surface area contributed by atoms with Gasteiger partial charge in [-0.25, -0.2) is 4.79 Å². The molecular weight excluding hydrogens is 276 g/mol. The van der Waals surface area contributed by atoms with Crippen LogP contribution in [0.3, 0.4) is 0 Å². The van der Waals surface area contributed by atoms with Gasteiger partial charge in [0.05, 0.1) is 5.54 Å². The topological polar surface area (TPSA) is 50.7 Å². The fourth-order valence-electron chi connectivity index (χ4n) is 2.68. The van der Waals surface area contributed by atoms with Crippen LogP contribution in [-0.4, -0.2) is 17.5 Å². The molecule has 0 unspecified atom stereocenters. The normalized spacial score (nSPS) is 17.1. The van der Waals surface area contributed by atoms with Crippen molar-refractivity contribution in [3.8, 4) is 5.75 Å². The van der Waals surface area contributed by atoms with E-state index in [2.05, 4.69) is 5.32 Å². The average molecular weight is 302 g/mol. The first kappa shape index (κ1) is 16.5. The zero-order chi connectivity index (χ0) is 16.0. The number of nitrogens with one attached hydrogen (secondary N) is 1. The molecule has 0 heterocycles. The van der Waals surface area contributed by atoms with Crippen LogP contribution in [0.4, 0.5) is 4.79 Å². The van der Waals surface area contributed by atoms with Crippen LogP contribution in [-0.2, 0) is 0 Å². The zero-order valence-electron chi connectivity index (χ0n) is 13.8. The van der Waals surface area contributed by atoms with Gasteiger partial charge in [0.25, 0.3) is 0 Å². The van der Waals surface area contributed by atoms with Crippen LogP contribution in [0.5, 0.6) is 5.75 Å². The molecule has 120 valence electrons. The summed E-state index contributed by atoms with van der Waals surface area (Å²) >= 11 is 0. The van der Waals surface area contributed by atoms with Crippen LogP contribution in [0.15, 0.2) is 35.3 Å². The van der Waals surface area contributed by atoms with Crippen molar-refractivity contribution in [1.29, 1.82) is 0 Å². The highest BCUT2D eigenvalue weighted by molar-refractivity contribution is 5.97. The van der Waals surface area contributed by atoms with Crippen molar-refractivity contribution in [2.75, 3.05) is 0 Å². The van der Waals surface area contributed by atoms with Gasteiger partial charge in [0.1, 0.15) is 11.6 Å². The van der Waals surface area contributed by atoms with E-state index in [9.17, 15) is 4.79 Å². The molecule has 0 aromatic heterocycles. The van der Waals surface area contributed by atoms with Gasteiger partial charge in [0.15, 0.2) is 0 Å². The van der Waals surface area contributed by atoms with Gasteiger partial charge in [-0.05, 0) is 45.7 Å². The van der Waals surface area contributed by atoms with E-state index >= 15 is 0 Å². The first-order chi connectivity index (χ1) is 10.4. The molecule has 1 fully saturated rings. The summed E-state index contributed by atoms with van der Waals surface area (Å²) in [6.45, 7) is 6.13. The number of benzene rings is 1. The molecule has 1 amide bonds. The molecule has 2 rings (SSSR count). The van der Waals surface area contributed by atoms with Crippen LogP contribution >= 0.6 is 0 Å². The molecule has 1 aromatic rings. The van der Waals surface area contributed by atoms with Crippen LogP contribution < -0.4 is 10.1 Å². The molecule has 1 N–H and O–H groups in total. The molecule has 4 heteroatoms. The van der Waals surface area contributed by atoms with Crippen LogP contribution in [0.1, 0.15) is 52.9 Å². The molecule has 0 radical (unpaired) electrons. The highest BCUT2D eigenvalue weighted by Crippen LogP contribution is 2.25. The number of amides is 1. The summed E-state index contributed by atoms with van der Waals surface area (Å²) in [6.07, 6.45) is 5.38. The molecule has 0 aliphatic heterocycles. The summed E-state index contributed by atoms with van der Waals surface area (Å²) in [7, 11) is 0. The molecular formula is C18H26N2O2. The largest absolute Gasteiger partial charge is 0.418 e. The molecule has 22 heavy (non-hydrogen) atoms. The molecule has 1 aliphatic carbocycles. The third kappa shape index (κ3) is 5.51. The van der Waals surface area contributed by atoms with Gasteiger partial charge >= 0.3 is 6.09 Å². The van der Waals surface area contributed by atoms with E-state index in [1.807, 2.05) is 39.0 Å². The number of hydrogen-bond donors (Lipinski definition) is 1. The van der Waals surface area contributed by atoms with Crippen LogP contribution in [0, 0.1) is 5.92 Å². The maximum atomic E-state index is 12.1. The predicted molar refractivity (Wildman–Crippen MR) is 89.4 cm³/mol. The van der Waals surface area contributed by atoms with Crippen molar-refractivity contribution >= 4 is 11.9 Å². The van der Waals surface area contributed by atoms with E-state index in [1.54, 1.807) is 12.1 Å². The first-order valence-electron chi connectivity index (χ1n) is 8.08. The number of rotatable bonds is 2. The Morgan fingerprint density at radius 1 is 1.14 bits per heavy atom. The summed E-state index contributed by atoms with van der Waals surface area (Å²) in [5.74, 6) is 1.64. The minimum Gasteiger partial charge on any atom is -0.410 e. The molecule has 1 saturated carbocycles. The Balaban J connectivity index is 2.05. The van der Waals surface area contributed by atoms with Gasteiger partial charge < -0.3 is 4.74 Å². The number of ether oxygens (including phenoxy) is 1. The van der Waals surface area contributed by atoms with Crippen molar-refractivity contribution < 1.29 is 9.53 Å². The maximum Gasteiger partial charge on any atom is 0.418 e. The third-order valence-corrected chi connectivity index (χ3v) is 3.63. The number of hydrogen-bond acceptors (Lipinski definition) is 3. The van der Waals surface area contributed by atoms with Gasteiger partial charge in [0, 0.05) is 5.92 Å². The van der Waals surface area contributed by atoms with E-state index in [-0.39, 0.29) is 5.54 Å². The predicted octanol–water partition coefficient (Wildman–Crippen LogP) is 4.55. The smallest absolute Gasteiger partial charge is 0.410 e. The van der Waals surface area contributed by atoms with E-state index < -0.39 is 6.09 Å². The fraction of sp³-hybridized carbons (Fsp3) is 0.556. The molecule has 4 nitrogen and oxygen atoms in total. The minimum atomic E-state index is -0.459. The monoisotopic (exact) mass is 302 g/mol. The van der Waals surface area contributed by atoms with Crippen molar-refractivity contribution in [3.05, 3.63) is 30.3 Å². The summed E-state index contributed by atoms with van der Waals surface area (Å²) in [5.41, 5.74) is -0.215. The average Bonchev–Trinajstić information content (AvgIpc) is 2.47. The van der Waals surface area contributed by atoms with Crippen LogP contribution in [0.2, 0.25) is 0 Å². The quantitative estimate of drug-likeness (QED) is 0.643. The second-order valence-electron chi connectivity index (χ2n) is 6.83. The van der Waals surface area contributed by atoms with Crippen LogP contribution in [0.25, 0.3) is 0 Å². The summed E-state index contributed by atoms with van der Waals surface area (Å²) in [4.78, 5) is 16.9. The highest BCUT2D eigenvalue weighted by atomic mass is 16.6. The molecule has 1 aliphatic rings. The number of para-hydroxylation sites is 1. The van der Waals surface area contributed by atoms with E-state index in [4.69, 9.17) is 9.73 Å². The molecule has 0 saturated heterocycles. The Hall–Kier alpha value is -1.84. The Morgan fingerprint density at radius 2 is 1.77 bits per heavy atom. The lowest BCUT2D eigenvalue weighted by Crippen LogP contribution is -2.40. The number of amidine groups is 1. The number of aliphatic imine (C=N–C) groups is 1. The summed E-state index contributed by atoms with van der Waals surface area (Å²) < 4.78 is 5.32. The van der Waals surface area contributed by atoms with E-state index in [0.29, 0.717) is 11.7 Å². The number of nitrogens with zero attached hydrogens (tertiary/aromatic N) is 1. The van der Waals surface area contributed by atoms with Gasteiger partial charge in [0.2, 0.25) is 0 Å². The number of carbonyl (C=O) groups is 1. The van der Waals surface area contributed by atoms with Gasteiger partial charge in [-0.15, -0.1) is 0 Å². The fourth-order valence-corrected chi connectivity index (χ4v) is 2.68. The van der Waals surface area contributed by atoms with Crippen molar-refractivity contribution in [2.24, 2.45) is 10.9 Å². The summed E-state index contributed by atoms with van der Waals surface area (Å²) in [5, 5.41) is 2.88. The number of carbonyl (C=O) groups excluding carboxylic acids is 1. The zero-order valence-corrected chi connectivity index (χ0v) is 13.8. The Bertz CT molecular complexity index is 512. The Labute approximate surface area is 133 Å². The first-order valence-corrected chi connectivity index (χ1v) is 8.08. The maximum absolute atomic E-state index is 12.1. The lowest BCUT2D eigenvalue weighted by molar-refractivity contribution is 0.205. The Kier molecular flexibility index (Phi) is 5.58. The minimum absolute atomic E-state index is 0.215. The third-order valence-electron chi connectivity index (χ3n) is 3.63. The van der Waals surface area contributed by atoms with Crippen molar-refractivity contribution in [1.82, 2.24) is 5.32 Å². The van der Waals surface area contributed by atoms with Crippen molar-refractivity contribution in [3.63, 3.8) is 0 Å². The lowest BCUT2D eigenvalue weighted by atomic mass is 9.88. The Morgan fingerprint density at radius 3 is 2.36 bits per heavy atom. The second kappa shape index (κ2) is 7.43. The highest BCUT2D eigenvalue weighted by Gasteiger charge is 2.23. The molecule has 0 spiro atoms.